The molecule has 2 heterocycles. The molecule has 2 N–H and O–H groups in total. The maximum absolute atomic E-state index is 12.2. The van der Waals surface area contributed by atoms with Crippen LogP contribution in [0.2, 0.25) is 4.34 Å². The highest BCUT2D eigenvalue weighted by Gasteiger charge is 2.37. The summed E-state index contributed by atoms with van der Waals surface area (Å²) in [6, 6.07) is 2.93. The highest BCUT2D eigenvalue weighted by molar-refractivity contribution is 7.17. The van der Waals surface area contributed by atoms with Gasteiger partial charge in [0.2, 0.25) is 0 Å². The Morgan fingerprint density at radius 3 is 2.75 bits per heavy atom. The predicted octanol–water partition coefficient (Wildman–Crippen LogP) is 0.603. The molecule has 20 heavy (non-hydrogen) atoms. The highest BCUT2D eigenvalue weighted by Crippen LogP contribution is 2.25. The standard InChI is InChI=1S/C12H15ClN2O4S/c1-14(6-11(17)18)7-4-15(5-8(7)16)12(19)9-2-3-10(13)20-9/h2-3,7-8,16H,4-6H2,1H3,(H,17,18)/t7-,8-/m1/s1. The number of likely N-dealkylation sites (N-methyl/N-ethyl adjacent to an activating group) is 1. The Balaban J connectivity index is 2.03. The van der Waals surface area contributed by atoms with Crippen LogP contribution in [0.1, 0.15) is 9.67 Å². The van der Waals surface area contributed by atoms with Crippen LogP contribution in [-0.2, 0) is 4.79 Å². The summed E-state index contributed by atoms with van der Waals surface area (Å²) in [6.45, 7) is 0.330. The van der Waals surface area contributed by atoms with Gasteiger partial charge in [-0.05, 0) is 19.2 Å². The molecule has 6 nitrogen and oxygen atoms in total. The molecule has 1 amide bonds. The summed E-state index contributed by atoms with van der Waals surface area (Å²) in [5.41, 5.74) is 0. The number of nitrogens with zero attached hydrogens (tertiary/aromatic N) is 2. The van der Waals surface area contributed by atoms with Gasteiger partial charge in [0.25, 0.3) is 5.91 Å². The molecule has 0 unspecified atom stereocenters. The number of rotatable bonds is 4. The Morgan fingerprint density at radius 2 is 2.20 bits per heavy atom. The molecule has 0 aliphatic carbocycles. The fourth-order valence-electron chi connectivity index (χ4n) is 2.28. The molecule has 110 valence electrons. The van der Waals surface area contributed by atoms with Gasteiger partial charge in [-0.25, -0.2) is 0 Å². The molecule has 1 aliphatic heterocycles. The number of halogens is 1. The number of aliphatic carboxylic acids is 1. The summed E-state index contributed by atoms with van der Waals surface area (Å²) >= 11 is 6.99. The first-order valence-corrected chi connectivity index (χ1v) is 7.22. The average molecular weight is 319 g/mol. The smallest absolute Gasteiger partial charge is 0.317 e. The Kier molecular flexibility index (Phi) is 4.64. The van der Waals surface area contributed by atoms with Crippen molar-refractivity contribution in [2.24, 2.45) is 0 Å². The zero-order valence-electron chi connectivity index (χ0n) is 10.8. The number of carboxylic acid groups (broad SMARTS) is 1. The second-order valence-electron chi connectivity index (χ2n) is 4.76. The van der Waals surface area contributed by atoms with E-state index in [1.165, 1.54) is 16.2 Å². The zero-order valence-corrected chi connectivity index (χ0v) is 12.4. The third-order valence-electron chi connectivity index (χ3n) is 3.28. The minimum atomic E-state index is -0.963. The molecule has 1 aromatic rings. The van der Waals surface area contributed by atoms with Crippen LogP contribution in [0.3, 0.4) is 0 Å². The van der Waals surface area contributed by atoms with Crippen molar-refractivity contribution in [2.45, 2.75) is 12.1 Å². The second kappa shape index (κ2) is 6.09. The Labute approximate surface area is 125 Å². The van der Waals surface area contributed by atoms with Crippen LogP contribution in [-0.4, -0.2) is 70.7 Å². The molecule has 1 fully saturated rings. The third kappa shape index (κ3) is 3.29. The summed E-state index contributed by atoms with van der Waals surface area (Å²) in [4.78, 5) is 26.5. The summed E-state index contributed by atoms with van der Waals surface area (Å²) in [5, 5.41) is 18.8. The lowest BCUT2D eigenvalue weighted by atomic mass is 10.2. The van der Waals surface area contributed by atoms with Gasteiger partial charge in [0.1, 0.15) is 0 Å². The van der Waals surface area contributed by atoms with E-state index in [1.54, 1.807) is 24.1 Å². The van der Waals surface area contributed by atoms with E-state index in [-0.39, 0.29) is 25.0 Å². The van der Waals surface area contributed by atoms with Gasteiger partial charge in [-0.3, -0.25) is 14.5 Å². The first kappa shape index (κ1) is 15.2. The molecule has 1 saturated heterocycles. The van der Waals surface area contributed by atoms with Crippen molar-refractivity contribution in [3.63, 3.8) is 0 Å². The number of hydrogen-bond acceptors (Lipinski definition) is 5. The number of hydrogen-bond donors (Lipinski definition) is 2. The molecule has 0 aromatic carbocycles. The highest BCUT2D eigenvalue weighted by atomic mass is 35.5. The number of carbonyl (C=O) groups excluding carboxylic acids is 1. The number of carbonyl (C=O) groups is 2. The number of carboxylic acids is 1. The zero-order chi connectivity index (χ0) is 14.9. The lowest BCUT2D eigenvalue weighted by molar-refractivity contribution is -0.138. The van der Waals surface area contributed by atoms with Gasteiger partial charge < -0.3 is 15.1 Å². The van der Waals surface area contributed by atoms with Crippen LogP contribution in [0.5, 0.6) is 0 Å². The van der Waals surface area contributed by atoms with E-state index in [2.05, 4.69) is 0 Å². The lowest BCUT2D eigenvalue weighted by Gasteiger charge is -2.24. The number of aliphatic hydroxyl groups is 1. The molecule has 0 radical (unpaired) electrons. The summed E-state index contributed by atoms with van der Waals surface area (Å²) < 4.78 is 0.535. The van der Waals surface area contributed by atoms with E-state index in [1.807, 2.05) is 0 Å². The molecule has 0 bridgehead atoms. The van der Waals surface area contributed by atoms with Gasteiger partial charge in [-0.1, -0.05) is 11.6 Å². The van der Waals surface area contributed by atoms with Crippen molar-refractivity contribution in [2.75, 3.05) is 26.7 Å². The van der Waals surface area contributed by atoms with Gasteiger partial charge >= 0.3 is 5.97 Å². The molecule has 2 atom stereocenters. The number of amides is 1. The van der Waals surface area contributed by atoms with Crippen molar-refractivity contribution < 1.29 is 19.8 Å². The fourth-order valence-corrected chi connectivity index (χ4v) is 3.30. The van der Waals surface area contributed by atoms with Crippen LogP contribution >= 0.6 is 22.9 Å². The Hall–Kier alpha value is -1.15. The number of likely N-dealkylation sites (tertiary alicyclic amines) is 1. The van der Waals surface area contributed by atoms with Gasteiger partial charge in [0.15, 0.2) is 0 Å². The van der Waals surface area contributed by atoms with E-state index < -0.39 is 12.1 Å². The maximum atomic E-state index is 12.2. The van der Waals surface area contributed by atoms with Gasteiger partial charge in [-0.2, -0.15) is 0 Å². The lowest BCUT2D eigenvalue weighted by Crippen LogP contribution is -2.43. The largest absolute Gasteiger partial charge is 0.480 e. The van der Waals surface area contributed by atoms with E-state index >= 15 is 0 Å². The minimum absolute atomic E-state index is 0.172. The maximum Gasteiger partial charge on any atom is 0.317 e. The third-order valence-corrected chi connectivity index (χ3v) is 4.50. The summed E-state index contributed by atoms with van der Waals surface area (Å²) in [6.07, 6.45) is -0.751. The number of β-amino-alcohol motifs (C(OH)–C–C–N with tert-alkyl or cyclic N) is 1. The average Bonchev–Trinajstić information content (AvgIpc) is 2.94. The van der Waals surface area contributed by atoms with E-state index in [0.29, 0.717) is 15.8 Å². The van der Waals surface area contributed by atoms with Crippen molar-refractivity contribution in [3.8, 4) is 0 Å². The second-order valence-corrected chi connectivity index (χ2v) is 6.47. The number of aliphatic hydroxyl groups excluding tert-OH is 1. The molecular weight excluding hydrogens is 304 g/mol. The van der Waals surface area contributed by atoms with Crippen LogP contribution < -0.4 is 0 Å². The monoisotopic (exact) mass is 318 g/mol. The van der Waals surface area contributed by atoms with Crippen molar-refractivity contribution in [1.29, 1.82) is 0 Å². The molecule has 0 saturated carbocycles. The number of thiophene rings is 1. The molecular formula is C12H15ClN2O4S. The van der Waals surface area contributed by atoms with Crippen LogP contribution in [0.15, 0.2) is 12.1 Å². The van der Waals surface area contributed by atoms with E-state index in [0.717, 1.165) is 0 Å². The molecule has 1 aliphatic rings. The quantitative estimate of drug-likeness (QED) is 0.850. The Bertz CT molecular complexity index is 521. The topological polar surface area (TPSA) is 81.1 Å². The van der Waals surface area contributed by atoms with E-state index in [9.17, 15) is 14.7 Å². The summed E-state index contributed by atoms with van der Waals surface area (Å²) in [7, 11) is 1.62. The summed E-state index contributed by atoms with van der Waals surface area (Å²) in [5.74, 6) is -1.15. The Morgan fingerprint density at radius 1 is 1.50 bits per heavy atom. The van der Waals surface area contributed by atoms with Crippen LogP contribution in [0, 0.1) is 0 Å². The minimum Gasteiger partial charge on any atom is -0.480 e. The first-order chi connectivity index (χ1) is 9.38. The molecule has 1 aromatic heterocycles. The van der Waals surface area contributed by atoms with Gasteiger partial charge in [0.05, 0.1) is 27.9 Å². The fraction of sp³-hybridized carbons (Fsp3) is 0.500. The van der Waals surface area contributed by atoms with Crippen molar-refractivity contribution >= 4 is 34.8 Å². The first-order valence-electron chi connectivity index (χ1n) is 6.03. The van der Waals surface area contributed by atoms with Crippen LogP contribution in [0.25, 0.3) is 0 Å². The molecule has 8 heteroatoms. The normalized spacial score (nSPS) is 22.5. The van der Waals surface area contributed by atoms with E-state index in [4.69, 9.17) is 16.7 Å². The van der Waals surface area contributed by atoms with Crippen LogP contribution in [0.4, 0.5) is 0 Å². The molecule has 0 spiro atoms. The SMILES string of the molecule is CN(CC(=O)O)[C@@H]1CN(C(=O)c2ccc(Cl)s2)C[C@H]1O. The van der Waals surface area contributed by atoms with Gasteiger partial charge in [0, 0.05) is 13.1 Å². The predicted molar refractivity (Wildman–Crippen MR) is 75.3 cm³/mol. The van der Waals surface area contributed by atoms with Crippen molar-refractivity contribution in [1.82, 2.24) is 9.80 Å². The van der Waals surface area contributed by atoms with Crippen molar-refractivity contribution in [3.05, 3.63) is 21.3 Å². The van der Waals surface area contributed by atoms with Gasteiger partial charge in [-0.15, -0.1) is 11.3 Å². The molecule has 2 rings (SSSR count).